The van der Waals surface area contributed by atoms with E-state index < -0.39 is 0 Å². The van der Waals surface area contributed by atoms with Gasteiger partial charge in [0.15, 0.2) is 11.5 Å². The van der Waals surface area contributed by atoms with Crippen LogP contribution in [0.4, 0.5) is 0 Å². The van der Waals surface area contributed by atoms with Crippen molar-refractivity contribution in [1.29, 1.82) is 0 Å². The maximum absolute atomic E-state index is 5.86. The standard InChI is InChI=1S/C16H25NO4/c1-18-14-9-12(11-17)10-15(19-2)16(14)21-8-4-6-13-5-3-7-20-13/h9-10,13H,3-8,11,17H2,1-2H3. The van der Waals surface area contributed by atoms with Crippen molar-refractivity contribution < 1.29 is 18.9 Å². The molecule has 0 aliphatic carbocycles. The van der Waals surface area contributed by atoms with E-state index in [4.69, 9.17) is 24.7 Å². The first-order chi connectivity index (χ1) is 10.3. The molecule has 2 N–H and O–H groups in total. The van der Waals surface area contributed by atoms with E-state index >= 15 is 0 Å². The molecule has 0 saturated carbocycles. The smallest absolute Gasteiger partial charge is 0.203 e. The fourth-order valence-electron chi connectivity index (χ4n) is 2.55. The van der Waals surface area contributed by atoms with Crippen molar-refractivity contribution in [2.45, 2.75) is 38.3 Å². The van der Waals surface area contributed by atoms with Crippen LogP contribution in [0.5, 0.6) is 17.2 Å². The normalized spacial score (nSPS) is 17.8. The van der Waals surface area contributed by atoms with Gasteiger partial charge in [-0.3, -0.25) is 0 Å². The van der Waals surface area contributed by atoms with Crippen molar-refractivity contribution in [3.8, 4) is 17.2 Å². The molecule has 1 aliphatic heterocycles. The van der Waals surface area contributed by atoms with Gasteiger partial charge >= 0.3 is 0 Å². The number of benzene rings is 1. The van der Waals surface area contributed by atoms with Crippen molar-refractivity contribution in [3.63, 3.8) is 0 Å². The molecule has 1 aromatic rings. The van der Waals surface area contributed by atoms with Gasteiger partial charge in [-0.15, -0.1) is 0 Å². The molecular weight excluding hydrogens is 270 g/mol. The summed E-state index contributed by atoms with van der Waals surface area (Å²) < 4.78 is 22.2. The summed E-state index contributed by atoms with van der Waals surface area (Å²) in [6.45, 7) is 1.95. The molecule has 0 radical (unpaired) electrons. The number of ether oxygens (including phenoxy) is 4. The van der Waals surface area contributed by atoms with Crippen LogP contribution < -0.4 is 19.9 Å². The molecule has 5 heteroatoms. The first-order valence-electron chi connectivity index (χ1n) is 7.47. The van der Waals surface area contributed by atoms with Crippen LogP contribution in [0.1, 0.15) is 31.2 Å². The first-order valence-corrected chi connectivity index (χ1v) is 7.47. The van der Waals surface area contributed by atoms with Gasteiger partial charge in [0.1, 0.15) is 0 Å². The molecule has 0 aromatic heterocycles. The zero-order valence-corrected chi connectivity index (χ0v) is 12.9. The summed E-state index contributed by atoms with van der Waals surface area (Å²) in [5.74, 6) is 1.96. The Balaban J connectivity index is 1.94. The average molecular weight is 295 g/mol. The van der Waals surface area contributed by atoms with E-state index in [0.717, 1.165) is 31.4 Å². The molecule has 21 heavy (non-hydrogen) atoms. The molecule has 1 fully saturated rings. The molecule has 0 spiro atoms. The number of rotatable bonds is 8. The summed E-state index contributed by atoms with van der Waals surface area (Å²) in [6.07, 6.45) is 4.73. The molecule has 1 aromatic carbocycles. The Morgan fingerprint density at radius 1 is 1.24 bits per heavy atom. The fraction of sp³-hybridized carbons (Fsp3) is 0.625. The number of methoxy groups -OCH3 is 2. The Kier molecular flexibility index (Phi) is 6.14. The van der Waals surface area contributed by atoms with Gasteiger partial charge in [0.2, 0.25) is 5.75 Å². The van der Waals surface area contributed by atoms with Crippen LogP contribution in [0.2, 0.25) is 0 Å². The van der Waals surface area contributed by atoms with E-state index in [1.165, 1.54) is 6.42 Å². The predicted molar refractivity (Wildman–Crippen MR) is 81.1 cm³/mol. The van der Waals surface area contributed by atoms with E-state index in [1.54, 1.807) is 14.2 Å². The first kappa shape index (κ1) is 15.9. The highest BCUT2D eigenvalue weighted by Gasteiger charge is 2.16. The van der Waals surface area contributed by atoms with E-state index in [2.05, 4.69) is 0 Å². The molecule has 5 nitrogen and oxygen atoms in total. The van der Waals surface area contributed by atoms with Crippen LogP contribution in [-0.4, -0.2) is 33.5 Å². The summed E-state index contributed by atoms with van der Waals surface area (Å²) in [5.41, 5.74) is 6.63. The van der Waals surface area contributed by atoms with E-state index in [9.17, 15) is 0 Å². The lowest BCUT2D eigenvalue weighted by Gasteiger charge is -2.16. The Morgan fingerprint density at radius 3 is 2.48 bits per heavy atom. The van der Waals surface area contributed by atoms with E-state index in [1.807, 2.05) is 12.1 Å². The lowest BCUT2D eigenvalue weighted by Crippen LogP contribution is -2.09. The summed E-state index contributed by atoms with van der Waals surface area (Å²) in [5, 5.41) is 0. The van der Waals surface area contributed by atoms with Gasteiger partial charge in [0, 0.05) is 13.2 Å². The second-order valence-electron chi connectivity index (χ2n) is 5.16. The van der Waals surface area contributed by atoms with Gasteiger partial charge in [-0.25, -0.2) is 0 Å². The molecule has 0 amide bonds. The summed E-state index contributed by atoms with van der Waals surface area (Å²) >= 11 is 0. The summed E-state index contributed by atoms with van der Waals surface area (Å²) in [7, 11) is 3.24. The van der Waals surface area contributed by atoms with Crippen molar-refractivity contribution in [3.05, 3.63) is 17.7 Å². The van der Waals surface area contributed by atoms with Gasteiger partial charge in [-0.1, -0.05) is 0 Å². The van der Waals surface area contributed by atoms with Gasteiger partial charge in [-0.05, 0) is 43.4 Å². The van der Waals surface area contributed by atoms with Gasteiger partial charge in [0.05, 0.1) is 26.9 Å². The lowest BCUT2D eigenvalue weighted by molar-refractivity contribution is 0.0978. The van der Waals surface area contributed by atoms with E-state index in [0.29, 0.717) is 36.5 Å². The molecule has 118 valence electrons. The number of hydrogen-bond acceptors (Lipinski definition) is 5. The third-order valence-electron chi connectivity index (χ3n) is 3.70. The molecular formula is C16H25NO4. The molecule has 1 heterocycles. The maximum atomic E-state index is 5.86. The van der Waals surface area contributed by atoms with Crippen LogP contribution in [0, 0.1) is 0 Å². The average Bonchev–Trinajstić information content (AvgIpc) is 3.04. The number of nitrogens with two attached hydrogens (primary N) is 1. The van der Waals surface area contributed by atoms with Crippen LogP contribution in [0.3, 0.4) is 0 Å². The Bertz CT molecular complexity index is 419. The molecule has 1 saturated heterocycles. The third kappa shape index (κ3) is 4.25. The van der Waals surface area contributed by atoms with Gasteiger partial charge < -0.3 is 24.7 Å². The molecule has 1 unspecified atom stereocenters. The predicted octanol–water partition coefficient (Wildman–Crippen LogP) is 2.50. The summed E-state index contributed by atoms with van der Waals surface area (Å²) in [4.78, 5) is 0. The van der Waals surface area contributed by atoms with E-state index in [-0.39, 0.29) is 0 Å². The Hall–Kier alpha value is -1.46. The third-order valence-corrected chi connectivity index (χ3v) is 3.70. The number of hydrogen-bond donors (Lipinski definition) is 1. The minimum Gasteiger partial charge on any atom is -0.493 e. The second kappa shape index (κ2) is 8.10. The molecule has 0 bridgehead atoms. The monoisotopic (exact) mass is 295 g/mol. The topological polar surface area (TPSA) is 62.9 Å². The zero-order chi connectivity index (χ0) is 15.1. The van der Waals surface area contributed by atoms with Crippen LogP contribution in [0.15, 0.2) is 12.1 Å². The Labute approximate surface area is 126 Å². The molecule has 2 rings (SSSR count). The van der Waals surface area contributed by atoms with Crippen molar-refractivity contribution >= 4 is 0 Å². The van der Waals surface area contributed by atoms with Crippen LogP contribution >= 0.6 is 0 Å². The largest absolute Gasteiger partial charge is 0.493 e. The second-order valence-corrected chi connectivity index (χ2v) is 5.16. The van der Waals surface area contributed by atoms with Crippen LogP contribution in [-0.2, 0) is 11.3 Å². The van der Waals surface area contributed by atoms with Crippen molar-refractivity contribution in [2.24, 2.45) is 5.73 Å². The quantitative estimate of drug-likeness (QED) is 0.747. The SMILES string of the molecule is COc1cc(CN)cc(OC)c1OCCCC1CCCO1. The lowest BCUT2D eigenvalue weighted by atomic mass is 10.1. The highest BCUT2D eigenvalue weighted by Crippen LogP contribution is 2.38. The maximum Gasteiger partial charge on any atom is 0.203 e. The Morgan fingerprint density at radius 2 is 1.95 bits per heavy atom. The summed E-state index contributed by atoms with van der Waals surface area (Å²) in [6, 6.07) is 3.77. The van der Waals surface area contributed by atoms with Gasteiger partial charge in [0.25, 0.3) is 0 Å². The fourth-order valence-corrected chi connectivity index (χ4v) is 2.55. The van der Waals surface area contributed by atoms with Crippen LogP contribution in [0.25, 0.3) is 0 Å². The highest BCUT2D eigenvalue weighted by molar-refractivity contribution is 5.53. The zero-order valence-electron chi connectivity index (χ0n) is 12.9. The highest BCUT2D eigenvalue weighted by atomic mass is 16.5. The molecule has 1 aliphatic rings. The minimum atomic E-state index is 0.400. The van der Waals surface area contributed by atoms with Crippen molar-refractivity contribution in [2.75, 3.05) is 27.4 Å². The molecule has 1 atom stereocenters. The van der Waals surface area contributed by atoms with Crippen molar-refractivity contribution in [1.82, 2.24) is 0 Å². The van der Waals surface area contributed by atoms with Gasteiger partial charge in [-0.2, -0.15) is 0 Å². The minimum absolute atomic E-state index is 0.400.